The summed E-state index contributed by atoms with van der Waals surface area (Å²) in [6.07, 6.45) is 2.21. The lowest BCUT2D eigenvalue weighted by Crippen LogP contribution is -2.27. The first-order chi connectivity index (χ1) is 10.2. The van der Waals surface area contributed by atoms with Crippen molar-refractivity contribution in [1.29, 1.82) is 0 Å². The summed E-state index contributed by atoms with van der Waals surface area (Å²) in [6.45, 7) is 1.74. The fourth-order valence-corrected chi connectivity index (χ4v) is 2.79. The summed E-state index contributed by atoms with van der Waals surface area (Å²) < 4.78 is 6.70. The van der Waals surface area contributed by atoms with Crippen LogP contribution in [-0.4, -0.2) is 23.9 Å². The van der Waals surface area contributed by atoms with Crippen LogP contribution in [0.25, 0.3) is 0 Å². The van der Waals surface area contributed by atoms with Crippen molar-refractivity contribution in [3.8, 4) is 11.5 Å². The third kappa shape index (κ3) is 3.27. The van der Waals surface area contributed by atoms with Crippen molar-refractivity contribution in [2.24, 2.45) is 0 Å². The number of hydrogen-bond acceptors (Lipinski definition) is 2. The standard InChI is InChI=1S/C17H16BrNO2/c18-15-5-1-2-6-16(15)21-14-9-7-13(8-10-14)17(20)19-11-3-4-12-19/h1-2,5-10H,3-4,11-12H2. The van der Waals surface area contributed by atoms with Crippen molar-refractivity contribution in [2.45, 2.75) is 12.8 Å². The van der Waals surface area contributed by atoms with Crippen LogP contribution in [0.4, 0.5) is 0 Å². The highest BCUT2D eigenvalue weighted by Crippen LogP contribution is 2.29. The highest BCUT2D eigenvalue weighted by atomic mass is 79.9. The van der Waals surface area contributed by atoms with Gasteiger partial charge in [0.05, 0.1) is 4.47 Å². The topological polar surface area (TPSA) is 29.5 Å². The first-order valence-electron chi connectivity index (χ1n) is 7.06. The summed E-state index contributed by atoms with van der Waals surface area (Å²) in [5, 5.41) is 0. The van der Waals surface area contributed by atoms with Crippen molar-refractivity contribution in [3.63, 3.8) is 0 Å². The van der Waals surface area contributed by atoms with Gasteiger partial charge < -0.3 is 9.64 Å². The van der Waals surface area contributed by atoms with Crippen LogP contribution in [-0.2, 0) is 0 Å². The molecular weight excluding hydrogens is 330 g/mol. The van der Waals surface area contributed by atoms with Gasteiger partial charge in [-0.1, -0.05) is 12.1 Å². The normalized spacial score (nSPS) is 14.2. The molecule has 0 atom stereocenters. The smallest absolute Gasteiger partial charge is 0.253 e. The monoisotopic (exact) mass is 345 g/mol. The minimum Gasteiger partial charge on any atom is -0.456 e. The Hall–Kier alpha value is -1.81. The third-order valence-corrected chi connectivity index (χ3v) is 4.21. The zero-order valence-electron chi connectivity index (χ0n) is 11.6. The van der Waals surface area contributed by atoms with E-state index >= 15 is 0 Å². The van der Waals surface area contributed by atoms with Gasteiger partial charge in [0.1, 0.15) is 11.5 Å². The number of halogens is 1. The van der Waals surface area contributed by atoms with Crippen molar-refractivity contribution >= 4 is 21.8 Å². The number of carbonyl (C=O) groups is 1. The second kappa shape index (κ2) is 6.31. The van der Waals surface area contributed by atoms with Crippen molar-refractivity contribution in [3.05, 3.63) is 58.6 Å². The summed E-state index contributed by atoms with van der Waals surface area (Å²) in [5.74, 6) is 1.59. The maximum Gasteiger partial charge on any atom is 0.253 e. The summed E-state index contributed by atoms with van der Waals surface area (Å²) in [7, 11) is 0. The molecule has 0 N–H and O–H groups in total. The Balaban J connectivity index is 1.72. The molecule has 0 radical (unpaired) electrons. The van der Waals surface area contributed by atoms with Crippen LogP contribution in [0.2, 0.25) is 0 Å². The molecule has 0 saturated carbocycles. The van der Waals surface area contributed by atoms with E-state index in [0.717, 1.165) is 47.5 Å². The number of benzene rings is 2. The van der Waals surface area contributed by atoms with Gasteiger partial charge in [0.2, 0.25) is 0 Å². The Morgan fingerprint density at radius 2 is 1.67 bits per heavy atom. The number of likely N-dealkylation sites (tertiary alicyclic amines) is 1. The fraction of sp³-hybridized carbons (Fsp3) is 0.235. The minimum atomic E-state index is 0.111. The predicted octanol–water partition coefficient (Wildman–Crippen LogP) is 4.48. The Kier molecular flexibility index (Phi) is 4.25. The number of hydrogen-bond donors (Lipinski definition) is 0. The third-order valence-electron chi connectivity index (χ3n) is 3.56. The summed E-state index contributed by atoms with van der Waals surface area (Å²) in [6, 6.07) is 15.0. The van der Waals surface area contributed by atoms with Gasteiger partial charge in [-0.2, -0.15) is 0 Å². The van der Waals surface area contributed by atoms with Crippen LogP contribution in [0.5, 0.6) is 11.5 Å². The van der Waals surface area contributed by atoms with Crippen LogP contribution in [0.1, 0.15) is 23.2 Å². The molecule has 1 aliphatic heterocycles. The molecule has 1 amide bonds. The molecule has 1 heterocycles. The van der Waals surface area contributed by atoms with E-state index in [1.807, 2.05) is 53.4 Å². The molecule has 0 aliphatic carbocycles. The van der Waals surface area contributed by atoms with E-state index in [1.54, 1.807) is 0 Å². The van der Waals surface area contributed by atoms with E-state index in [4.69, 9.17) is 4.74 Å². The van der Waals surface area contributed by atoms with Crippen LogP contribution < -0.4 is 4.74 Å². The van der Waals surface area contributed by atoms with Crippen molar-refractivity contribution < 1.29 is 9.53 Å². The largest absolute Gasteiger partial charge is 0.456 e. The van der Waals surface area contributed by atoms with E-state index in [9.17, 15) is 4.79 Å². The molecule has 3 rings (SSSR count). The van der Waals surface area contributed by atoms with Crippen LogP contribution in [0.3, 0.4) is 0 Å². The van der Waals surface area contributed by atoms with E-state index in [-0.39, 0.29) is 5.91 Å². The lowest BCUT2D eigenvalue weighted by molar-refractivity contribution is 0.0793. The molecule has 0 unspecified atom stereocenters. The molecule has 0 bridgehead atoms. The van der Waals surface area contributed by atoms with Crippen LogP contribution in [0, 0.1) is 0 Å². The number of nitrogens with zero attached hydrogens (tertiary/aromatic N) is 1. The fourth-order valence-electron chi connectivity index (χ4n) is 2.42. The molecule has 108 valence electrons. The molecule has 1 aliphatic rings. The number of ether oxygens (including phenoxy) is 1. The number of amides is 1. The molecule has 3 nitrogen and oxygen atoms in total. The predicted molar refractivity (Wildman–Crippen MR) is 85.8 cm³/mol. The summed E-state index contributed by atoms with van der Waals surface area (Å²) in [4.78, 5) is 14.2. The second-order valence-corrected chi connectivity index (χ2v) is 5.91. The van der Waals surface area contributed by atoms with Crippen molar-refractivity contribution in [1.82, 2.24) is 4.90 Å². The average Bonchev–Trinajstić information content (AvgIpc) is 3.04. The van der Waals surface area contributed by atoms with Crippen molar-refractivity contribution in [2.75, 3.05) is 13.1 Å². The van der Waals surface area contributed by atoms with Gasteiger partial charge in [0.25, 0.3) is 5.91 Å². The van der Waals surface area contributed by atoms with Gasteiger partial charge in [-0.05, 0) is 65.2 Å². The Morgan fingerprint density at radius 3 is 2.33 bits per heavy atom. The molecule has 21 heavy (non-hydrogen) atoms. The second-order valence-electron chi connectivity index (χ2n) is 5.06. The highest BCUT2D eigenvalue weighted by Gasteiger charge is 2.19. The molecule has 1 fully saturated rings. The van der Waals surface area contributed by atoms with Gasteiger partial charge in [-0.15, -0.1) is 0 Å². The molecule has 0 aromatic heterocycles. The molecule has 2 aromatic rings. The Morgan fingerprint density at radius 1 is 1.00 bits per heavy atom. The molecule has 4 heteroatoms. The van der Waals surface area contributed by atoms with Gasteiger partial charge in [-0.3, -0.25) is 4.79 Å². The van der Waals surface area contributed by atoms with Gasteiger partial charge in [0, 0.05) is 18.7 Å². The van der Waals surface area contributed by atoms with Gasteiger partial charge >= 0.3 is 0 Å². The summed E-state index contributed by atoms with van der Waals surface area (Å²) in [5.41, 5.74) is 0.719. The quantitative estimate of drug-likeness (QED) is 0.820. The van der Waals surface area contributed by atoms with Crippen LogP contribution >= 0.6 is 15.9 Å². The Bertz CT molecular complexity index is 633. The zero-order valence-corrected chi connectivity index (χ0v) is 13.2. The first-order valence-corrected chi connectivity index (χ1v) is 7.85. The number of para-hydroxylation sites is 1. The van der Waals surface area contributed by atoms with E-state index in [1.165, 1.54) is 0 Å². The zero-order chi connectivity index (χ0) is 14.7. The lowest BCUT2D eigenvalue weighted by Gasteiger charge is -2.15. The first kappa shape index (κ1) is 14.1. The lowest BCUT2D eigenvalue weighted by atomic mass is 10.2. The van der Waals surface area contributed by atoms with Crippen LogP contribution in [0.15, 0.2) is 53.0 Å². The molecule has 1 saturated heterocycles. The number of rotatable bonds is 3. The maximum atomic E-state index is 12.2. The molecule has 0 spiro atoms. The van der Waals surface area contributed by atoms with Gasteiger partial charge in [0.15, 0.2) is 0 Å². The molecule has 2 aromatic carbocycles. The minimum absolute atomic E-state index is 0.111. The van der Waals surface area contributed by atoms with E-state index in [0.29, 0.717) is 0 Å². The van der Waals surface area contributed by atoms with E-state index < -0.39 is 0 Å². The highest BCUT2D eigenvalue weighted by molar-refractivity contribution is 9.10. The SMILES string of the molecule is O=C(c1ccc(Oc2ccccc2Br)cc1)N1CCCC1. The average molecular weight is 346 g/mol. The molecular formula is C17H16BrNO2. The Labute approximate surface area is 132 Å². The van der Waals surface area contributed by atoms with E-state index in [2.05, 4.69) is 15.9 Å². The number of carbonyl (C=O) groups excluding carboxylic acids is 1. The maximum absolute atomic E-state index is 12.2. The summed E-state index contributed by atoms with van der Waals surface area (Å²) >= 11 is 3.45. The van der Waals surface area contributed by atoms with Gasteiger partial charge in [-0.25, -0.2) is 0 Å².